The Kier molecular flexibility index (Phi) is 5.27. The van der Waals surface area contributed by atoms with Gasteiger partial charge in [-0.1, -0.05) is 36.4 Å². The highest BCUT2D eigenvalue weighted by Gasteiger charge is 2.20. The van der Waals surface area contributed by atoms with Gasteiger partial charge in [0.1, 0.15) is 0 Å². The minimum Gasteiger partial charge on any atom is -0.333 e. The van der Waals surface area contributed by atoms with E-state index in [1.807, 2.05) is 38.1 Å². The van der Waals surface area contributed by atoms with Crippen LogP contribution in [-0.2, 0) is 9.84 Å². The van der Waals surface area contributed by atoms with Gasteiger partial charge in [0.2, 0.25) is 9.84 Å². The van der Waals surface area contributed by atoms with Crippen molar-refractivity contribution >= 4 is 9.84 Å². The molecule has 0 atom stereocenters. The van der Waals surface area contributed by atoms with Crippen molar-refractivity contribution in [2.24, 2.45) is 5.73 Å². The predicted octanol–water partition coefficient (Wildman–Crippen LogP) is 2.71. The zero-order chi connectivity index (χ0) is 14.5. The summed E-state index contributed by atoms with van der Waals surface area (Å²) >= 11 is 0. The highest BCUT2D eigenvalue weighted by atomic mass is 32.2. The Balaban J connectivity index is 0.000000861. The molecule has 0 saturated heterocycles. The summed E-state index contributed by atoms with van der Waals surface area (Å²) in [4.78, 5) is 0.767. The summed E-state index contributed by atoms with van der Waals surface area (Å²) in [5.74, 6) is 0. The highest BCUT2D eigenvalue weighted by molar-refractivity contribution is 7.91. The second kappa shape index (κ2) is 6.50. The third-order valence-electron chi connectivity index (χ3n) is 2.77. The zero-order valence-corrected chi connectivity index (χ0v) is 12.2. The molecule has 0 amide bonds. The van der Waals surface area contributed by atoms with Crippen LogP contribution in [0.3, 0.4) is 0 Å². The Morgan fingerprint density at radius 2 is 1.05 bits per heavy atom. The van der Waals surface area contributed by atoms with Gasteiger partial charge >= 0.3 is 0 Å². The minimum absolute atomic E-state index is 0.384. The molecule has 0 bridgehead atoms. The lowest BCUT2D eigenvalue weighted by molar-refractivity contribution is 0.595. The molecule has 3 nitrogen and oxygen atoms in total. The molecule has 102 valence electrons. The summed E-state index contributed by atoms with van der Waals surface area (Å²) < 4.78 is 25.0. The summed E-state index contributed by atoms with van der Waals surface area (Å²) in [5, 5.41) is 0. The van der Waals surface area contributed by atoms with Crippen molar-refractivity contribution in [3.8, 4) is 0 Å². The van der Waals surface area contributed by atoms with E-state index in [1.54, 1.807) is 24.3 Å². The Bertz CT molecular complexity index is 597. The number of hydrogen-bond donors (Lipinski definition) is 1. The van der Waals surface area contributed by atoms with Crippen LogP contribution in [0, 0.1) is 13.8 Å². The molecule has 2 aromatic rings. The molecule has 4 heteroatoms. The molecule has 2 aromatic carbocycles. The van der Waals surface area contributed by atoms with Gasteiger partial charge in [0, 0.05) is 0 Å². The van der Waals surface area contributed by atoms with Crippen LogP contribution in [0.25, 0.3) is 0 Å². The zero-order valence-electron chi connectivity index (χ0n) is 11.4. The fourth-order valence-electron chi connectivity index (χ4n) is 1.83. The number of nitrogens with two attached hydrogens (primary N) is 1. The molecule has 0 aromatic heterocycles. The molecule has 0 spiro atoms. The lowest BCUT2D eigenvalue weighted by Gasteiger charge is -2.09. The maximum absolute atomic E-state index is 12.5. The Labute approximate surface area is 115 Å². The van der Waals surface area contributed by atoms with Gasteiger partial charge in [0.15, 0.2) is 0 Å². The summed E-state index contributed by atoms with van der Waals surface area (Å²) in [5.41, 5.74) is 6.05. The van der Waals surface area contributed by atoms with Crippen LogP contribution in [0.1, 0.15) is 11.1 Å². The lowest BCUT2D eigenvalue weighted by atomic mass is 10.2. The van der Waals surface area contributed by atoms with Crippen LogP contribution < -0.4 is 5.73 Å². The fraction of sp³-hybridized carbons (Fsp3) is 0.200. The van der Waals surface area contributed by atoms with Crippen LogP contribution in [0.4, 0.5) is 0 Å². The topological polar surface area (TPSA) is 60.2 Å². The number of rotatable bonds is 2. The first-order chi connectivity index (χ1) is 9.03. The highest BCUT2D eigenvalue weighted by Crippen LogP contribution is 2.25. The van der Waals surface area contributed by atoms with Crippen molar-refractivity contribution in [2.75, 3.05) is 7.05 Å². The van der Waals surface area contributed by atoms with Crippen LogP contribution in [0.5, 0.6) is 0 Å². The number of hydrogen-bond acceptors (Lipinski definition) is 3. The molecule has 0 unspecified atom stereocenters. The van der Waals surface area contributed by atoms with Crippen molar-refractivity contribution in [1.29, 1.82) is 0 Å². The molecular weight excluding hydrogens is 258 g/mol. The lowest BCUT2D eigenvalue weighted by Crippen LogP contribution is -2.05. The molecule has 19 heavy (non-hydrogen) atoms. The van der Waals surface area contributed by atoms with Gasteiger partial charge in [-0.3, -0.25) is 0 Å². The molecule has 0 heterocycles. The van der Waals surface area contributed by atoms with Crippen molar-refractivity contribution < 1.29 is 8.42 Å². The maximum Gasteiger partial charge on any atom is 0.207 e. The van der Waals surface area contributed by atoms with Gasteiger partial charge < -0.3 is 5.73 Å². The van der Waals surface area contributed by atoms with Crippen molar-refractivity contribution in [1.82, 2.24) is 0 Å². The fourth-order valence-corrected chi connectivity index (χ4v) is 3.57. The SMILES string of the molecule is CN.Cc1ccccc1S(=O)(=O)c1ccccc1C. The molecule has 2 rings (SSSR count). The smallest absolute Gasteiger partial charge is 0.207 e. The van der Waals surface area contributed by atoms with Gasteiger partial charge in [-0.2, -0.15) is 0 Å². The van der Waals surface area contributed by atoms with E-state index in [4.69, 9.17) is 0 Å². The summed E-state index contributed by atoms with van der Waals surface area (Å²) in [6.45, 7) is 3.62. The third kappa shape index (κ3) is 3.22. The van der Waals surface area contributed by atoms with E-state index < -0.39 is 9.84 Å². The molecular formula is C15H19NO2S. The average molecular weight is 277 g/mol. The van der Waals surface area contributed by atoms with E-state index in [-0.39, 0.29) is 0 Å². The van der Waals surface area contributed by atoms with E-state index in [2.05, 4.69) is 5.73 Å². The number of benzene rings is 2. The molecule has 0 radical (unpaired) electrons. The molecule has 0 aliphatic heterocycles. The Hall–Kier alpha value is -1.65. The summed E-state index contributed by atoms with van der Waals surface area (Å²) in [6, 6.07) is 14.1. The van der Waals surface area contributed by atoms with E-state index in [1.165, 1.54) is 7.05 Å². The third-order valence-corrected chi connectivity index (χ3v) is 4.84. The minimum atomic E-state index is -3.40. The standard InChI is InChI=1S/C14H14O2S.CH5N/c1-11-7-3-5-9-13(11)17(15,16)14-10-6-4-8-12(14)2;1-2/h3-10H,1-2H3;2H2,1H3. The van der Waals surface area contributed by atoms with Crippen molar-refractivity contribution in [3.63, 3.8) is 0 Å². The molecule has 0 fully saturated rings. The largest absolute Gasteiger partial charge is 0.333 e. The maximum atomic E-state index is 12.5. The normalized spacial score (nSPS) is 10.5. The van der Waals surface area contributed by atoms with E-state index >= 15 is 0 Å². The number of aryl methyl sites for hydroxylation is 2. The van der Waals surface area contributed by atoms with Crippen LogP contribution in [0.2, 0.25) is 0 Å². The summed E-state index contributed by atoms with van der Waals surface area (Å²) in [6.07, 6.45) is 0. The van der Waals surface area contributed by atoms with Gasteiger partial charge in [0.25, 0.3) is 0 Å². The quantitative estimate of drug-likeness (QED) is 0.918. The van der Waals surface area contributed by atoms with Gasteiger partial charge in [-0.25, -0.2) is 8.42 Å². The Morgan fingerprint density at radius 3 is 1.37 bits per heavy atom. The van der Waals surface area contributed by atoms with E-state index in [9.17, 15) is 8.42 Å². The number of sulfone groups is 1. The van der Waals surface area contributed by atoms with Crippen molar-refractivity contribution in [2.45, 2.75) is 23.6 Å². The van der Waals surface area contributed by atoms with Gasteiger partial charge in [-0.15, -0.1) is 0 Å². The molecule has 2 N–H and O–H groups in total. The molecule has 0 aliphatic carbocycles. The van der Waals surface area contributed by atoms with Gasteiger partial charge in [-0.05, 0) is 44.2 Å². The van der Waals surface area contributed by atoms with Crippen LogP contribution in [-0.4, -0.2) is 15.5 Å². The predicted molar refractivity (Wildman–Crippen MR) is 77.9 cm³/mol. The van der Waals surface area contributed by atoms with Crippen molar-refractivity contribution in [3.05, 3.63) is 59.7 Å². The van der Waals surface area contributed by atoms with Crippen LogP contribution >= 0.6 is 0 Å². The Morgan fingerprint density at radius 1 is 0.737 bits per heavy atom. The summed E-state index contributed by atoms with van der Waals surface area (Å²) in [7, 11) is -1.90. The molecule has 0 aliphatic rings. The first-order valence-electron chi connectivity index (χ1n) is 5.97. The van der Waals surface area contributed by atoms with Crippen LogP contribution in [0.15, 0.2) is 58.3 Å². The van der Waals surface area contributed by atoms with Gasteiger partial charge in [0.05, 0.1) is 9.79 Å². The molecule has 0 saturated carbocycles. The first kappa shape index (κ1) is 15.4. The van der Waals surface area contributed by atoms with E-state index in [0.29, 0.717) is 9.79 Å². The first-order valence-corrected chi connectivity index (χ1v) is 7.46. The average Bonchev–Trinajstić information content (AvgIpc) is 2.41. The second-order valence-corrected chi connectivity index (χ2v) is 5.92. The monoisotopic (exact) mass is 277 g/mol. The second-order valence-electron chi connectivity index (χ2n) is 4.03. The van der Waals surface area contributed by atoms with E-state index in [0.717, 1.165) is 11.1 Å².